The molecule has 2 aromatic carbocycles. The van der Waals surface area contributed by atoms with Crippen molar-refractivity contribution in [2.24, 2.45) is 0 Å². The van der Waals surface area contributed by atoms with Crippen molar-refractivity contribution in [1.29, 1.82) is 0 Å². The second kappa shape index (κ2) is 6.34. The zero-order valence-electron chi connectivity index (χ0n) is 16.4. The van der Waals surface area contributed by atoms with E-state index >= 15 is 0 Å². The number of nitrogens with zero attached hydrogens (tertiary/aromatic N) is 4. The first-order chi connectivity index (χ1) is 13.9. The van der Waals surface area contributed by atoms with Gasteiger partial charge in [0.2, 0.25) is 0 Å². The van der Waals surface area contributed by atoms with Crippen molar-refractivity contribution in [3.8, 4) is 11.4 Å². The smallest absolute Gasteiger partial charge is 0.274 e. The molecule has 1 N–H and O–H groups in total. The lowest BCUT2D eigenvalue weighted by Crippen LogP contribution is -2.30. The predicted octanol–water partition coefficient (Wildman–Crippen LogP) is 2.18. The molecule has 0 amide bonds. The minimum Gasteiger partial charge on any atom is -0.365 e. The summed E-state index contributed by atoms with van der Waals surface area (Å²) in [6.07, 6.45) is 0. The van der Waals surface area contributed by atoms with Gasteiger partial charge in [-0.2, -0.15) is 9.50 Å². The maximum Gasteiger partial charge on any atom is 0.274 e. The number of hydrogen-bond donors (Lipinski definition) is 1. The summed E-state index contributed by atoms with van der Waals surface area (Å²) in [6.45, 7) is 5.72. The van der Waals surface area contributed by atoms with E-state index in [1.807, 2.05) is 42.5 Å². The topological polar surface area (TPSA) is 66.3 Å². The van der Waals surface area contributed by atoms with Crippen molar-refractivity contribution in [2.45, 2.75) is 25.8 Å². The maximum absolute atomic E-state index is 12.7. The van der Waals surface area contributed by atoms with Crippen LogP contribution in [0.25, 0.3) is 17.2 Å². The summed E-state index contributed by atoms with van der Waals surface area (Å²) in [7, 11) is 6.25. The van der Waals surface area contributed by atoms with Gasteiger partial charge in [-0.3, -0.25) is 9.89 Å². The van der Waals surface area contributed by atoms with Crippen molar-refractivity contribution in [2.75, 3.05) is 11.4 Å². The Morgan fingerprint density at radius 2 is 1.90 bits per heavy atom. The van der Waals surface area contributed by atoms with Crippen molar-refractivity contribution in [3.05, 3.63) is 76.2 Å². The highest BCUT2D eigenvalue weighted by molar-refractivity contribution is 6.34. The molecule has 2 radical (unpaired) electrons. The highest BCUT2D eigenvalue weighted by atomic mass is 16.1. The fourth-order valence-corrected chi connectivity index (χ4v) is 4.27. The van der Waals surface area contributed by atoms with Crippen LogP contribution in [0.3, 0.4) is 0 Å². The summed E-state index contributed by atoms with van der Waals surface area (Å²) in [5.74, 6) is 0.991. The largest absolute Gasteiger partial charge is 0.365 e. The zero-order chi connectivity index (χ0) is 20.2. The minimum atomic E-state index is -0.175. The van der Waals surface area contributed by atoms with Gasteiger partial charge in [-0.15, -0.1) is 0 Å². The number of nitrogens with one attached hydrogen (secondary N) is 1. The predicted molar refractivity (Wildman–Crippen MR) is 115 cm³/mol. The summed E-state index contributed by atoms with van der Waals surface area (Å²) in [5.41, 5.74) is 4.42. The van der Waals surface area contributed by atoms with E-state index in [0.717, 1.165) is 28.8 Å². The lowest BCUT2D eigenvalue weighted by Gasteiger charge is -2.22. The van der Waals surface area contributed by atoms with Gasteiger partial charge in [-0.05, 0) is 11.6 Å². The molecular weight excluding hydrogens is 361 g/mol. The molecule has 3 heterocycles. The van der Waals surface area contributed by atoms with Crippen LogP contribution in [-0.4, -0.2) is 34.0 Å². The molecule has 7 heteroatoms. The fraction of sp³-hybridized carbons (Fsp3) is 0.227. The summed E-state index contributed by atoms with van der Waals surface area (Å²) in [6, 6.07) is 17.2. The molecular formula is C22H20BN5O. The molecule has 142 valence electrons. The number of rotatable bonds is 3. The molecule has 5 rings (SSSR count). The SMILES string of the molecule is [B]c1cccc2c1C(C)(C)CN2Cc1cc(=O)n2[nH]c(-c3ccccc3)nc2n1. The monoisotopic (exact) mass is 381 g/mol. The molecule has 0 saturated carbocycles. The average molecular weight is 381 g/mol. The highest BCUT2D eigenvalue weighted by Crippen LogP contribution is 2.39. The van der Waals surface area contributed by atoms with Crippen LogP contribution < -0.4 is 15.9 Å². The third-order valence-corrected chi connectivity index (χ3v) is 5.46. The number of anilines is 1. The molecule has 0 fully saturated rings. The molecule has 0 unspecified atom stereocenters. The Balaban J connectivity index is 1.53. The van der Waals surface area contributed by atoms with E-state index in [-0.39, 0.29) is 11.0 Å². The Bertz CT molecular complexity index is 1280. The third kappa shape index (κ3) is 2.94. The van der Waals surface area contributed by atoms with Gasteiger partial charge in [0.25, 0.3) is 11.3 Å². The van der Waals surface area contributed by atoms with E-state index in [1.54, 1.807) is 6.07 Å². The molecule has 0 atom stereocenters. The molecule has 6 nitrogen and oxygen atoms in total. The molecule has 1 aliphatic rings. The standard InChI is InChI=1S/C22H20BN5O/c1-22(2)13-27(17-10-6-9-16(23)19(17)22)12-15-11-18(29)28-21(24-15)25-20(26-28)14-7-4-3-5-8-14/h3-11H,12-13H2,1-2H3,(H,24,25,26). The summed E-state index contributed by atoms with van der Waals surface area (Å²) >= 11 is 0. The van der Waals surface area contributed by atoms with Crippen molar-refractivity contribution in [3.63, 3.8) is 0 Å². The second-order valence-electron chi connectivity index (χ2n) is 8.14. The van der Waals surface area contributed by atoms with Gasteiger partial charge in [-0.1, -0.05) is 61.8 Å². The van der Waals surface area contributed by atoms with Crippen LogP contribution in [-0.2, 0) is 12.0 Å². The summed E-state index contributed by atoms with van der Waals surface area (Å²) in [5, 5.41) is 3.04. The van der Waals surface area contributed by atoms with E-state index in [2.05, 4.69) is 39.9 Å². The van der Waals surface area contributed by atoms with Crippen LogP contribution in [0.2, 0.25) is 0 Å². The van der Waals surface area contributed by atoms with Crippen molar-refractivity contribution < 1.29 is 0 Å². The first-order valence-corrected chi connectivity index (χ1v) is 9.60. The normalized spacial score (nSPS) is 15.0. The Hall–Kier alpha value is -3.35. The maximum atomic E-state index is 12.7. The van der Waals surface area contributed by atoms with Crippen LogP contribution in [0, 0.1) is 0 Å². The number of benzene rings is 2. The van der Waals surface area contributed by atoms with Gasteiger partial charge in [0.05, 0.1) is 12.2 Å². The van der Waals surface area contributed by atoms with E-state index in [0.29, 0.717) is 23.8 Å². The molecule has 1 aliphatic heterocycles. The average Bonchev–Trinajstić information content (AvgIpc) is 3.23. The molecule has 4 aromatic rings. The van der Waals surface area contributed by atoms with Gasteiger partial charge in [0.15, 0.2) is 5.82 Å². The Kier molecular flexibility index (Phi) is 3.88. The van der Waals surface area contributed by atoms with Gasteiger partial charge < -0.3 is 4.90 Å². The number of hydrogen-bond acceptors (Lipinski definition) is 4. The summed E-state index contributed by atoms with van der Waals surface area (Å²) < 4.78 is 1.38. The quantitative estimate of drug-likeness (QED) is 0.553. The van der Waals surface area contributed by atoms with E-state index in [9.17, 15) is 4.79 Å². The van der Waals surface area contributed by atoms with Crippen LogP contribution in [0.4, 0.5) is 5.69 Å². The Labute approximate surface area is 169 Å². The van der Waals surface area contributed by atoms with E-state index in [4.69, 9.17) is 7.85 Å². The van der Waals surface area contributed by atoms with Crippen molar-refractivity contribution in [1.82, 2.24) is 19.6 Å². The molecule has 0 aliphatic carbocycles. The second-order valence-corrected chi connectivity index (χ2v) is 8.14. The van der Waals surface area contributed by atoms with E-state index < -0.39 is 0 Å². The van der Waals surface area contributed by atoms with Gasteiger partial charge >= 0.3 is 0 Å². The summed E-state index contributed by atoms with van der Waals surface area (Å²) in [4.78, 5) is 24.0. The Morgan fingerprint density at radius 3 is 2.69 bits per heavy atom. The van der Waals surface area contributed by atoms with Gasteiger partial charge in [-0.25, -0.2) is 4.98 Å². The Morgan fingerprint density at radius 1 is 1.10 bits per heavy atom. The third-order valence-electron chi connectivity index (χ3n) is 5.46. The van der Waals surface area contributed by atoms with Crippen LogP contribution in [0.15, 0.2) is 59.4 Å². The lowest BCUT2D eigenvalue weighted by atomic mass is 9.78. The lowest BCUT2D eigenvalue weighted by molar-refractivity contribution is 0.550. The highest BCUT2D eigenvalue weighted by Gasteiger charge is 2.36. The molecule has 29 heavy (non-hydrogen) atoms. The van der Waals surface area contributed by atoms with Crippen LogP contribution in [0.1, 0.15) is 25.1 Å². The van der Waals surface area contributed by atoms with Crippen molar-refractivity contribution >= 4 is 24.8 Å². The number of H-pyrrole nitrogens is 1. The molecule has 0 bridgehead atoms. The molecule has 0 spiro atoms. The van der Waals surface area contributed by atoms with E-state index in [1.165, 1.54) is 4.52 Å². The van der Waals surface area contributed by atoms with Crippen LogP contribution in [0.5, 0.6) is 0 Å². The van der Waals surface area contributed by atoms with Gasteiger partial charge in [0.1, 0.15) is 7.85 Å². The number of aromatic nitrogens is 4. The first kappa shape index (κ1) is 17.7. The fourth-order valence-electron chi connectivity index (χ4n) is 4.27. The first-order valence-electron chi connectivity index (χ1n) is 9.60. The minimum absolute atomic E-state index is 0.0629. The number of fused-ring (bicyclic) bond motifs is 2. The molecule has 2 aromatic heterocycles. The number of aromatic amines is 1. The molecule has 0 saturated heterocycles. The van der Waals surface area contributed by atoms with Crippen LogP contribution >= 0.6 is 0 Å². The van der Waals surface area contributed by atoms with Gasteiger partial charge in [0, 0.05) is 29.3 Å². The zero-order valence-corrected chi connectivity index (χ0v) is 16.4.